The molecule has 0 saturated carbocycles. The maximum absolute atomic E-state index is 13.2. The summed E-state index contributed by atoms with van der Waals surface area (Å²) in [4.78, 5) is 17.6. The van der Waals surface area contributed by atoms with Crippen molar-refractivity contribution in [2.45, 2.75) is 39.9 Å². The van der Waals surface area contributed by atoms with Gasteiger partial charge in [-0.05, 0) is 45.4 Å². The van der Waals surface area contributed by atoms with Crippen LogP contribution >= 0.6 is 0 Å². The van der Waals surface area contributed by atoms with Crippen LogP contribution in [0.5, 0.6) is 11.5 Å². The Hall–Kier alpha value is -3.54. The Kier molecular flexibility index (Phi) is 5.31. The van der Waals surface area contributed by atoms with Gasteiger partial charge in [0, 0.05) is 28.7 Å². The summed E-state index contributed by atoms with van der Waals surface area (Å²) in [5.74, 6) is 1.15. The average Bonchev–Trinajstić information content (AvgIpc) is 3.05. The Bertz CT molecular complexity index is 1250. The van der Waals surface area contributed by atoms with E-state index in [9.17, 15) is 4.79 Å². The van der Waals surface area contributed by atoms with Crippen molar-refractivity contribution in [3.8, 4) is 11.5 Å². The van der Waals surface area contributed by atoms with E-state index < -0.39 is 11.7 Å². The number of nitrogens with zero attached hydrogens (tertiary/aromatic N) is 2. The van der Waals surface area contributed by atoms with Crippen molar-refractivity contribution >= 4 is 27.9 Å². The quantitative estimate of drug-likeness (QED) is 0.415. The lowest BCUT2D eigenvalue weighted by atomic mass is 10.1. The lowest BCUT2D eigenvalue weighted by Gasteiger charge is -2.20. The highest BCUT2D eigenvalue weighted by molar-refractivity contribution is 6.14. The van der Waals surface area contributed by atoms with Crippen molar-refractivity contribution in [1.82, 2.24) is 9.55 Å². The zero-order chi connectivity index (χ0) is 22.2. The summed E-state index contributed by atoms with van der Waals surface area (Å²) in [6.45, 7) is 7.86. The normalized spacial score (nSPS) is 11.6. The predicted octanol–water partition coefficient (Wildman–Crippen LogP) is 5.87. The number of fused-ring (bicyclic) bond motifs is 3. The first kappa shape index (κ1) is 20.7. The zero-order valence-electron chi connectivity index (χ0n) is 18.4. The van der Waals surface area contributed by atoms with Crippen LogP contribution in [0.25, 0.3) is 21.8 Å². The number of ether oxygens (including phenoxy) is 3. The molecule has 0 amide bonds. The van der Waals surface area contributed by atoms with Crippen LogP contribution in [-0.4, -0.2) is 28.4 Å². The zero-order valence-corrected chi connectivity index (χ0v) is 18.4. The molecule has 160 valence electrons. The number of carbonyl (C=O) groups is 1. The topological polar surface area (TPSA) is 62.6 Å². The number of rotatable bonds is 4. The van der Waals surface area contributed by atoms with E-state index in [2.05, 4.69) is 4.98 Å². The fourth-order valence-corrected chi connectivity index (χ4v) is 3.65. The second-order valence-corrected chi connectivity index (χ2v) is 8.40. The minimum Gasteiger partial charge on any atom is -0.493 e. The minimum atomic E-state index is -0.624. The molecule has 4 aromatic rings. The molecular weight excluding hydrogens is 392 g/mol. The largest absolute Gasteiger partial charge is 0.493 e. The van der Waals surface area contributed by atoms with Gasteiger partial charge in [0.2, 0.25) is 0 Å². The van der Waals surface area contributed by atoms with Crippen LogP contribution < -0.4 is 9.47 Å². The van der Waals surface area contributed by atoms with Crippen molar-refractivity contribution in [3.63, 3.8) is 0 Å². The molecule has 0 unspecified atom stereocenters. The monoisotopic (exact) mass is 418 g/mol. The summed E-state index contributed by atoms with van der Waals surface area (Å²) in [5, 5.41) is 1.74. The van der Waals surface area contributed by atoms with E-state index in [1.54, 1.807) is 17.9 Å². The standard InChI is InChI=1S/C25H26N2O4/c1-16-23-18-13-21(29-5)22(30-15-17-9-7-6-8-10-17)14-20(18)27(19(23)11-12-26-16)24(28)31-25(2,3)4/h6-14H,15H2,1-5H3. The molecular formula is C25H26N2O4. The van der Waals surface area contributed by atoms with E-state index in [4.69, 9.17) is 14.2 Å². The SMILES string of the molecule is COc1cc2c3c(C)nccc3n(C(=O)OC(C)(C)C)c2cc1OCc1ccccc1. The highest BCUT2D eigenvalue weighted by Gasteiger charge is 2.24. The van der Waals surface area contributed by atoms with Crippen LogP contribution in [0.4, 0.5) is 4.79 Å². The Morgan fingerprint density at radius 1 is 1.03 bits per heavy atom. The minimum absolute atomic E-state index is 0.385. The Morgan fingerprint density at radius 3 is 2.45 bits per heavy atom. The Balaban J connectivity index is 1.89. The number of carbonyl (C=O) groups excluding carboxylic acids is 1. The molecule has 0 fully saturated rings. The number of aryl methyl sites for hydroxylation is 1. The fraction of sp³-hybridized carbons (Fsp3) is 0.280. The number of aromatic nitrogens is 2. The molecule has 2 heterocycles. The van der Waals surface area contributed by atoms with Crippen LogP contribution in [0.1, 0.15) is 32.0 Å². The van der Waals surface area contributed by atoms with Gasteiger partial charge in [-0.25, -0.2) is 9.36 Å². The summed E-state index contributed by atoms with van der Waals surface area (Å²) < 4.78 is 19.0. The van der Waals surface area contributed by atoms with Crippen LogP contribution in [0.2, 0.25) is 0 Å². The smallest absolute Gasteiger partial charge is 0.419 e. The van der Waals surface area contributed by atoms with Gasteiger partial charge in [0.25, 0.3) is 0 Å². The van der Waals surface area contributed by atoms with Crippen molar-refractivity contribution in [2.75, 3.05) is 7.11 Å². The molecule has 4 rings (SSSR count). The summed E-state index contributed by atoms with van der Waals surface area (Å²) in [5.41, 5.74) is 2.66. The van der Waals surface area contributed by atoms with Crippen LogP contribution in [0, 0.1) is 6.92 Å². The van der Waals surface area contributed by atoms with E-state index in [0.717, 1.165) is 27.5 Å². The Morgan fingerprint density at radius 2 is 1.77 bits per heavy atom. The summed E-state index contributed by atoms with van der Waals surface area (Å²) in [7, 11) is 1.61. The molecule has 0 bridgehead atoms. The number of pyridine rings is 1. The molecule has 0 aliphatic heterocycles. The van der Waals surface area contributed by atoms with E-state index >= 15 is 0 Å². The molecule has 0 aliphatic carbocycles. The Labute approximate surface area is 181 Å². The van der Waals surface area contributed by atoms with Crippen LogP contribution in [-0.2, 0) is 11.3 Å². The average molecular weight is 418 g/mol. The molecule has 6 heteroatoms. The highest BCUT2D eigenvalue weighted by Crippen LogP contribution is 2.39. The van der Waals surface area contributed by atoms with Crippen LogP contribution in [0.15, 0.2) is 54.7 Å². The summed E-state index contributed by atoms with van der Waals surface area (Å²) >= 11 is 0. The maximum atomic E-state index is 13.2. The third-order valence-corrected chi connectivity index (χ3v) is 4.96. The third kappa shape index (κ3) is 4.06. The molecule has 0 radical (unpaired) electrons. The molecule has 31 heavy (non-hydrogen) atoms. The maximum Gasteiger partial charge on any atom is 0.419 e. The molecule has 0 saturated heterocycles. The second kappa shape index (κ2) is 7.95. The molecule has 0 spiro atoms. The van der Waals surface area contributed by atoms with Crippen molar-refractivity contribution in [1.29, 1.82) is 0 Å². The van der Waals surface area contributed by atoms with Gasteiger partial charge in [-0.2, -0.15) is 0 Å². The number of methoxy groups -OCH3 is 1. The first-order chi connectivity index (χ1) is 14.8. The van der Waals surface area contributed by atoms with Gasteiger partial charge in [0.1, 0.15) is 12.2 Å². The number of hydrogen-bond acceptors (Lipinski definition) is 5. The van der Waals surface area contributed by atoms with E-state index in [1.165, 1.54) is 0 Å². The lowest BCUT2D eigenvalue weighted by Crippen LogP contribution is -2.27. The molecule has 0 N–H and O–H groups in total. The number of benzene rings is 2. The molecule has 2 aromatic heterocycles. The predicted molar refractivity (Wildman–Crippen MR) is 121 cm³/mol. The first-order valence-electron chi connectivity index (χ1n) is 10.2. The van der Waals surface area contributed by atoms with Crippen molar-refractivity contribution < 1.29 is 19.0 Å². The van der Waals surface area contributed by atoms with Crippen molar-refractivity contribution in [2.24, 2.45) is 0 Å². The van der Waals surface area contributed by atoms with Crippen molar-refractivity contribution in [3.05, 3.63) is 66.0 Å². The fourth-order valence-electron chi connectivity index (χ4n) is 3.65. The molecule has 0 atom stereocenters. The molecule has 2 aromatic carbocycles. The number of hydrogen-bond donors (Lipinski definition) is 0. The second-order valence-electron chi connectivity index (χ2n) is 8.40. The van der Waals surface area contributed by atoms with Gasteiger partial charge in [0.15, 0.2) is 11.5 Å². The van der Waals surface area contributed by atoms with E-state index in [1.807, 2.05) is 76.2 Å². The van der Waals surface area contributed by atoms with Gasteiger partial charge in [-0.1, -0.05) is 30.3 Å². The highest BCUT2D eigenvalue weighted by atomic mass is 16.6. The summed E-state index contributed by atoms with van der Waals surface area (Å²) in [6.07, 6.45) is 1.25. The van der Waals surface area contributed by atoms with Gasteiger partial charge >= 0.3 is 6.09 Å². The van der Waals surface area contributed by atoms with Gasteiger partial charge in [-0.15, -0.1) is 0 Å². The van der Waals surface area contributed by atoms with Gasteiger partial charge in [-0.3, -0.25) is 4.98 Å². The third-order valence-electron chi connectivity index (χ3n) is 4.96. The van der Waals surface area contributed by atoms with Gasteiger partial charge in [0.05, 0.1) is 18.1 Å². The van der Waals surface area contributed by atoms with Crippen LogP contribution in [0.3, 0.4) is 0 Å². The first-order valence-corrected chi connectivity index (χ1v) is 10.2. The van der Waals surface area contributed by atoms with E-state index in [0.29, 0.717) is 23.6 Å². The molecule has 0 aliphatic rings. The summed E-state index contributed by atoms with van der Waals surface area (Å²) in [6, 6.07) is 15.4. The molecule has 6 nitrogen and oxygen atoms in total. The van der Waals surface area contributed by atoms with E-state index in [-0.39, 0.29) is 0 Å². The lowest BCUT2D eigenvalue weighted by molar-refractivity contribution is 0.0551. The van der Waals surface area contributed by atoms with Gasteiger partial charge < -0.3 is 14.2 Å².